The minimum Gasteiger partial charge on any atom is -0.369 e. The molecule has 2 rings (SSSR count). The van der Waals surface area contributed by atoms with Crippen molar-refractivity contribution < 1.29 is 4.79 Å². The average molecular weight is 305 g/mol. The van der Waals surface area contributed by atoms with Crippen LogP contribution in [0.4, 0.5) is 5.13 Å². The van der Waals surface area contributed by atoms with E-state index in [2.05, 4.69) is 15.0 Å². The molecule has 0 aliphatic rings. The van der Waals surface area contributed by atoms with Gasteiger partial charge >= 0.3 is 0 Å². The summed E-state index contributed by atoms with van der Waals surface area (Å²) >= 11 is 1.37. The number of thiazole rings is 1. The number of nitrogens with two attached hydrogens (primary N) is 1. The smallest absolute Gasteiger partial charge is 0.261 e. The van der Waals surface area contributed by atoms with Crippen molar-refractivity contribution in [1.82, 2.24) is 14.9 Å². The molecule has 110 valence electrons. The summed E-state index contributed by atoms with van der Waals surface area (Å²) in [5, 5.41) is 2.40. The minimum atomic E-state index is -0.765. The van der Waals surface area contributed by atoms with Crippen LogP contribution in [0.5, 0.6) is 0 Å². The lowest BCUT2D eigenvalue weighted by atomic mass is 10.1. The van der Waals surface area contributed by atoms with Crippen LogP contribution in [0.3, 0.4) is 0 Å². The molecule has 7 nitrogen and oxygen atoms in total. The first-order chi connectivity index (χ1) is 9.88. The maximum Gasteiger partial charge on any atom is 0.261 e. The van der Waals surface area contributed by atoms with Crippen molar-refractivity contribution in [2.45, 2.75) is 6.92 Å². The summed E-state index contributed by atoms with van der Waals surface area (Å²) in [5.74, 6) is -0.765. The number of aryl methyl sites for hydroxylation is 1. The highest BCUT2D eigenvalue weighted by Crippen LogP contribution is 2.27. The first-order valence-corrected chi connectivity index (χ1v) is 6.96. The predicted octanol–water partition coefficient (Wildman–Crippen LogP) is 1.13. The van der Waals surface area contributed by atoms with Crippen LogP contribution in [0, 0.1) is 6.92 Å². The Hall–Kier alpha value is -2.48. The van der Waals surface area contributed by atoms with Crippen molar-refractivity contribution >= 4 is 28.7 Å². The zero-order valence-electron chi connectivity index (χ0n) is 11.9. The first-order valence-electron chi connectivity index (χ1n) is 6.08. The molecule has 0 saturated heterocycles. The number of nitrogens with zero attached hydrogens (tertiary/aromatic N) is 3. The van der Waals surface area contributed by atoms with E-state index >= 15 is 0 Å². The van der Waals surface area contributed by atoms with Gasteiger partial charge in [0, 0.05) is 30.7 Å². The van der Waals surface area contributed by atoms with Crippen LogP contribution >= 0.6 is 11.3 Å². The molecule has 3 N–H and O–H groups in total. The number of aromatic nitrogens is 2. The van der Waals surface area contributed by atoms with Crippen LogP contribution in [-0.4, -0.2) is 41.2 Å². The largest absolute Gasteiger partial charge is 0.369 e. The number of carbonyl (C=O) groups excluding carboxylic acids is 1. The van der Waals surface area contributed by atoms with Crippen LogP contribution in [0.1, 0.15) is 16.1 Å². The number of hydrogen-bond donors (Lipinski definition) is 2. The summed E-state index contributed by atoms with van der Waals surface area (Å²) in [6.07, 6.45) is 1.65. The van der Waals surface area contributed by atoms with Gasteiger partial charge in [-0.05, 0) is 13.0 Å². The zero-order valence-corrected chi connectivity index (χ0v) is 12.7. The Balaban J connectivity index is 2.45. The van der Waals surface area contributed by atoms with Crippen LogP contribution in [-0.2, 0) is 0 Å². The van der Waals surface area contributed by atoms with E-state index in [0.29, 0.717) is 22.1 Å². The summed E-state index contributed by atoms with van der Waals surface area (Å²) in [7, 11) is 3.73. The van der Waals surface area contributed by atoms with Gasteiger partial charge in [-0.2, -0.15) is 0 Å². The molecule has 0 unspecified atom stereocenters. The Bertz CT molecular complexity index is 760. The fourth-order valence-corrected chi connectivity index (χ4v) is 2.34. The van der Waals surface area contributed by atoms with Gasteiger partial charge in [0.05, 0.1) is 12.0 Å². The molecule has 0 aliphatic carbocycles. The molecule has 0 saturated carbocycles. The van der Waals surface area contributed by atoms with Gasteiger partial charge in [-0.3, -0.25) is 9.59 Å². The van der Waals surface area contributed by atoms with E-state index in [1.54, 1.807) is 18.2 Å². The average Bonchev–Trinajstić information content (AvgIpc) is 2.84. The normalized spacial score (nSPS) is 11.0. The lowest BCUT2D eigenvalue weighted by Crippen LogP contribution is -2.24. The lowest BCUT2D eigenvalue weighted by molar-refractivity contribution is 0.0999. The van der Waals surface area contributed by atoms with E-state index in [1.165, 1.54) is 17.4 Å². The van der Waals surface area contributed by atoms with E-state index in [9.17, 15) is 9.59 Å². The molecule has 21 heavy (non-hydrogen) atoms. The summed E-state index contributed by atoms with van der Waals surface area (Å²) in [6.45, 7) is 1.74. The molecule has 0 radical (unpaired) electrons. The minimum absolute atomic E-state index is 0.0815. The van der Waals surface area contributed by atoms with E-state index < -0.39 is 11.5 Å². The van der Waals surface area contributed by atoms with Gasteiger partial charge in [0.15, 0.2) is 0 Å². The molecule has 0 aromatic carbocycles. The Morgan fingerprint density at radius 1 is 1.52 bits per heavy atom. The summed E-state index contributed by atoms with van der Waals surface area (Å²) in [5.41, 5.74) is 6.54. The van der Waals surface area contributed by atoms with Crippen LogP contribution < -0.4 is 11.3 Å². The van der Waals surface area contributed by atoms with Gasteiger partial charge in [0.25, 0.3) is 11.5 Å². The molecule has 0 spiro atoms. The van der Waals surface area contributed by atoms with Crippen LogP contribution in [0.2, 0.25) is 0 Å². The molecule has 8 heteroatoms. The number of primary amides is 1. The third-order valence-electron chi connectivity index (χ3n) is 2.67. The maximum absolute atomic E-state index is 11.6. The van der Waals surface area contributed by atoms with Crippen molar-refractivity contribution in [3.63, 3.8) is 0 Å². The molecule has 2 heterocycles. The highest BCUT2D eigenvalue weighted by molar-refractivity contribution is 7.13. The van der Waals surface area contributed by atoms with Gasteiger partial charge in [-0.1, -0.05) is 0 Å². The summed E-state index contributed by atoms with van der Waals surface area (Å²) in [4.78, 5) is 35.9. The lowest BCUT2D eigenvalue weighted by Gasteiger charge is -2.04. The van der Waals surface area contributed by atoms with Crippen LogP contribution in [0.25, 0.3) is 11.3 Å². The number of aliphatic imine (C=N–C) groups is 1. The SMILES string of the molecule is Cc1[nH]c(=O)c(C(N)=O)cc1-c1csc(N=CN(C)C)n1. The van der Waals surface area contributed by atoms with E-state index in [-0.39, 0.29) is 5.56 Å². The summed E-state index contributed by atoms with van der Waals surface area (Å²) in [6, 6.07) is 1.46. The number of hydrogen-bond acceptors (Lipinski definition) is 5. The van der Waals surface area contributed by atoms with Gasteiger partial charge in [0.2, 0.25) is 5.13 Å². The first kappa shape index (κ1) is 14.9. The Morgan fingerprint density at radius 3 is 2.86 bits per heavy atom. The number of H-pyrrole nitrogens is 1. The highest BCUT2D eigenvalue weighted by Gasteiger charge is 2.13. The Morgan fingerprint density at radius 2 is 2.24 bits per heavy atom. The van der Waals surface area contributed by atoms with Crippen molar-refractivity contribution in [2.24, 2.45) is 10.7 Å². The molecule has 0 aliphatic heterocycles. The maximum atomic E-state index is 11.6. The second-order valence-electron chi connectivity index (χ2n) is 4.64. The van der Waals surface area contributed by atoms with Gasteiger partial charge < -0.3 is 15.6 Å². The number of nitrogens with one attached hydrogen (secondary N) is 1. The number of aromatic amines is 1. The topological polar surface area (TPSA) is 104 Å². The fourth-order valence-electron chi connectivity index (χ4n) is 1.68. The van der Waals surface area contributed by atoms with E-state index in [4.69, 9.17) is 5.73 Å². The van der Waals surface area contributed by atoms with Crippen molar-refractivity contribution in [3.05, 3.63) is 33.1 Å². The van der Waals surface area contributed by atoms with Crippen molar-refractivity contribution in [1.29, 1.82) is 0 Å². The summed E-state index contributed by atoms with van der Waals surface area (Å²) < 4.78 is 0. The Labute approximate surface area is 125 Å². The molecule has 0 bridgehead atoms. The highest BCUT2D eigenvalue weighted by atomic mass is 32.1. The Kier molecular flexibility index (Phi) is 4.18. The van der Waals surface area contributed by atoms with Crippen LogP contribution in [0.15, 0.2) is 21.2 Å². The van der Waals surface area contributed by atoms with Crippen molar-refractivity contribution in [3.8, 4) is 11.3 Å². The van der Waals surface area contributed by atoms with Gasteiger partial charge in [-0.15, -0.1) is 11.3 Å². The number of amides is 1. The van der Waals surface area contributed by atoms with E-state index in [1.807, 2.05) is 19.5 Å². The molecule has 0 fully saturated rings. The van der Waals surface area contributed by atoms with E-state index in [0.717, 1.165) is 0 Å². The predicted molar refractivity (Wildman–Crippen MR) is 83.3 cm³/mol. The second-order valence-corrected chi connectivity index (χ2v) is 5.48. The van der Waals surface area contributed by atoms with Crippen molar-refractivity contribution in [2.75, 3.05) is 14.1 Å². The van der Waals surface area contributed by atoms with Gasteiger partial charge in [0.1, 0.15) is 5.56 Å². The third-order valence-corrected chi connectivity index (χ3v) is 3.42. The molecular weight excluding hydrogens is 290 g/mol. The second kappa shape index (κ2) is 5.88. The monoisotopic (exact) mass is 305 g/mol. The standard InChI is InChI=1S/C13H15N5O2S/c1-7-8(4-9(11(14)19)12(20)16-7)10-5-21-13(17-10)15-6-18(2)3/h4-6H,1-3H3,(H2,14,19)(H,16,20). The molecular formula is C13H15N5O2S. The number of pyridine rings is 1. The zero-order chi connectivity index (χ0) is 15.6. The van der Waals surface area contributed by atoms with Gasteiger partial charge in [-0.25, -0.2) is 9.98 Å². The molecule has 0 atom stereocenters. The fraction of sp³-hybridized carbons (Fsp3) is 0.231. The molecule has 2 aromatic rings. The third kappa shape index (κ3) is 3.34. The quantitative estimate of drug-likeness (QED) is 0.652. The number of carbonyl (C=O) groups is 1. The molecule has 1 amide bonds. The number of rotatable bonds is 4. The molecule has 2 aromatic heterocycles.